The number of hydrogen-bond acceptors (Lipinski definition) is 2. The second-order valence-electron chi connectivity index (χ2n) is 3.84. The first-order valence-corrected chi connectivity index (χ1v) is 4.21. The average Bonchev–Trinajstić information content (AvgIpc) is 2.60. The topological polar surface area (TPSA) is 74.6 Å². The lowest BCUT2D eigenvalue weighted by molar-refractivity contribution is -0.146. The first kappa shape index (κ1) is 8.29. The van der Waals surface area contributed by atoms with Gasteiger partial charge in [0.2, 0.25) is 0 Å². The monoisotopic (exact) mass is 182 g/mol. The van der Waals surface area contributed by atoms with Crippen LogP contribution in [0.3, 0.4) is 0 Å². The molecule has 2 N–H and O–H groups in total. The van der Waals surface area contributed by atoms with Crippen LogP contribution in [0.2, 0.25) is 0 Å². The lowest BCUT2D eigenvalue weighted by Gasteiger charge is -2.19. The largest absolute Gasteiger partial charge is 0.481 e. The van der Waals surface area contributed by atoms with Gasteiger partial charge in [0.15, 0.2) is 0 Å². The Morgan fingerprint density at radius 3 is 2.38 bits per heavy atom. The zero-order chi connectivity index (χ0) is 9.64. The lowest BCUT2D eigenvalue weighted by Crippen LogP contribution is -2.27. The molecule has 0 saturated heterocycles. The summed E-state index contributed by atoms with van der Waals surface area (Å²) in [6, 6.07) is 0. The highest BCUT2D eigenvalue weighted by molar-refractivity contribution is 5.82. The fourth-order valence-electron chi connectivity index (χ4n) is 2.35. The minimum Gasteiger partial charge on any atom is -0.481 e. The maximum Gasteiger partial charge on any atom is 0.313 e. The quantitative estimate of drug-likeness (QED) is 0.617. The predicted molar refractivity (Wildman–Crippen MR) is 43.1 cm³/mol. The van der Waals surface area contributed by atoms with E-state index in [0.717, 1.165) is 0 Å². The summed E-state index contributed by atoms with van der Waals surface area (Å²) < 4.78 is 0. The summed E-state index contributed by atoms with van der Waals surface area (Å²) in [5.41, 5.74) is -0.881. The van der Waals surface area contributed by atoms with Crippen LogP contribution < -0.4 is 0 Å². The third-order valence-corrected chi connectivity index (χ3v) is 3.11. The van der Waals surface area contributed by atoms with Crippen molar-refractivity contribution in [1.82, 2.24) is 0 Å². The van der Waals surface area contributed by atoms with Crippen LogP contribution in [0.4, 0.5) is 0 Å². The second kappa shape index (κ2) is 2.34. The van der Waals surface area contributed by atoms with Crippen LogP contribution in [0.5, 0.6) is 0 Å². The highest BCUT2D eigenvalue weighted by Crippen LogP contribution is 2.52. The minimum absolute atomic E-state index is 0.0754. The summed E-state index contributed by atoms with van der Waals surface area (Å²) in [6.45, 7) is 0. The van der Waals surface area contributed by atoms with Crippen molar-refractivity contribution in [2.45, 2.75) is 12.8 Å². The predicted octanol–water partition coefficient (Wildman–Crippen LogP) is 0.738. The van der Waals surface area contributed by atoms with Crippen molar-refractivity contribution in [2.24, 2.45) is 17.3 Å². The van der Waals surface area contributed by atoms with E-state index in [1.165, 1.54) is 0 Å². The molecule has 70 valence electrons. The molecule has 2 rings (SSSR count). The Kier molecular flexibility index (Phi) is 1.49. The Hall–Kier alpha value is -1.32. The van der Waals surface area contributed by atoms with Crippen LogP contribution in [0.15, 0.2) is 12.2 Å². The molecule has 0 aromatic rings. The number of carboxylic acids is 2. The summed E-state index contributed by atoms with van der Waals surface area (Å²) >= 11 is 0. The molecule has 4 heteroatoms. The van der Waals surface area contributed by atoms with Crippen LogP contribution >= 0.6 is 0 Å². The van der Waals surface area contributed by atoms with E-state index in [0.29, 0.717) is 6.42 Å². The van der Waals surface area contributed by atoms with Gasteiger partial charge in [-0.05, 0) is 18.8 Å². The molecule has 3 unspecified atom stereocenters. The molecule has 3 atom stereocenters. The molecule has 0 aromatic heterocycles. The van der Waals surface area contributed by atoms with Crippen molar-refractivity contribution in [3.8, 4) is 0 Å². The highest BCUT2D eigenvalue weighted by Gasteiger charge is 2.54. The summed E-state index contributed by atoms with van der Waals surface area (Å²) in [5.74, 6) is -2.35. The molecule has 4 nitrogen and oxygen atoms in total. The first-order chi connectivity index (χ1) is 6.05. The van der Waals surface area contributed by atoms with E-state index in [2.05, 4.69) is 0 Å². The number of hydrogen-bond donors (Lipinski definition) is 2. The van der Waals surface area contributed by atoms with E-state index < -0.39 is 23.3 Å². The van der Waals surface area contributed by atoms with E-state index in [1.807, 2.05) is 0 Å². The molecule has 0 aromatic carbocycles. The van der Waals surface area contributed by atoms with Crippen molar-refractivity contribution in [2.75, 3.05) is 0 Å². The third kappa shape index (κ3) is 0.978. The maximum absolute atomic E-state index is 10.9. The molecular weight excluding hydrogens is 172 g/mol. The SMILES string of the molecule is O=C(O)C1CC2(C(=O)O)C=CC1C2. The van der Waals surface area contributed by atoms with Gasteiger partial charge in [0.05, 0.1) is 11.3 Å². The van der Waals surface area contributed by atoms with E-state index in [9.17, 15) is 9.59 Å². The molecule has 0 spiro atoms. The average molecular weight is 182 g/mol. The van der Waals surface area contributed by atoms with Crippen molar-refractivity contribution in [1.29, 1.82) is 0 Å². The molecule has 1 fully saturated rings. The Morgan fingerprint density at radius 2 is 2.00 bits per heavy atom. The molecule has 0 radical (unpaired) electrons. The summed E-state index contributed by atoms with van der Waals surface area (Å²) in [6.07, 6.45) is 4.09. The third-order valence-electron chi connectivity index (χ3n) is 3.11. The normalized spacial score (nSPS) is 40.9. The van der Waals surface area contributed by atoms with Crippen LogP contribution in [0, 0.1) is 17.3 Å². The number of carbonyl (C=O) groups is 2. The Morgan fingerprint density at radius 1 is 1.31 bits per heavy atom. The van der Waals surface area contributed by atoms with Crippen LogP contribution in [-0.4, -0.2) is 22.2 Å². The van der Waals surface area contributed by atoms with E-state index in [1.54, 1.807) is 12.2 Å². The first-order valence-electron chi connectivity index (χ1n) is 4.21. The van der Waals surface area contributed by atoms with Crippen molar-refractivity contribution < 1.29 is 19.8 Å². The number of fused-ring (bicyclic) bond motifs is 2. The fraction of sp³-hybridized carbons (Fsp3) is 0.556. The van der Waals surface area contributed by atoms with Gasteiger partial charge in [-0.2, -0.15) is 0 Å². The van der Waals surface area contributed by atoms with Gasteiger partial charge in [0.25, 0.3) is 0 Å². The Labute approximate surface area is 74.9 Å². The molecule has 2 bridgehead atoms. The molecule has 0 heterocycles. The molecular formula is C9H10O4. The van der Waals surface area contributed by atoms with Gasteiger partial charge in [0, 0.05) is 0 Å². The molecule has 0 aliphatic heterocycles. The van der Waals surface area contributed by atoms with Gasteiger partial charge in [-0.3, -0.25) is 9.59 Å². The van der Waals surface area contributed by atoms with Crippen LogP contribution in [-0.2, 0) is 9.59 Å². The fourth-order valence-corrected chi connectivity index (χ4v) is 2.35. The van der Waals surface area contributed by atoms with Crippen LogP contribution in [0.25, 0.3) is 0 Å². The smallest absolute Gasteiger partial charge is 0.313 e. The summed E-state index contributed by atoms with van der Waals surface area (Å²) in [7, 11) is 0. The number of aliphatic carboxylic acids is 2. The van der Waals surface area contributed by atoms with E-state index in [-0.39, 0.29) is 12.3 Å². The summed E-state index contributed by atoms with van der Waals surface area (Å²) in [4.78, 5) is 21.6. The standard InChI is InChI=1S/C9H10O4/c10-7(11)6-4-9(8(12)13)2-1-5(6)3-9/h1-2,5-6H,3-4H2,(H,10,11)(H,12,13). The van der Waals surface area contributed by atoms with Gasteiger partial charge in [0.1, 0.15) is 0 Å². The number of allylic oxidation sites excluding steroid dienone is 1. The van der Waals surface area contributed by atoms with Crippen molar-refractivity contribution in [3.05, 3.63) is 12.2 Å². The van der Waals surface area contributed by atoms with Gasteiger partial charge in [-0.1, -0.05) is 12.2 Å². The maximum atomic E-state index is 10.9. The van der Waals surface area contributed by atoms with E-state index >= 15 is 0 Å². The van der Waals surface area contributed by atoms with Crippen molar-refractivity contribution >= 4 is 11.9 Å². The minimum atomic E-state index is -0.894. The second-order valence-corrected chi connectivity index (χ2v) is 3.84. The molecule has 2 aliphatic rings. The highest BCUT2D eigenvalue weighted by atomic mass is 16.4. The molecule has 1 saturated carbocycles. The molecule has 2 aliphatic carbocycles. The van der Waals surface area contributed by atoms with Gasteiger partial charge < -0.3 is 10.2 Å². The van der Waals surface area contributed by atoms with Crippen LogP contribution in [0.1, 0.15) is 12.8 Å². The molecule has 0 amide bonds. The Balaban J connectivity index is 2.28. The zero-order valence-corrected chi connectivity index (χ0v) is 6.93. The van der Waals surface area contributed by atoms with E-state index in [4.69, 9.17) is 10.2 Å². The molecule has 13 heavy (non-hydrogen) atoms. The van der Waals surface area contributed by atoms with Gasteiger partial charge >= 0.3 is 11.9 Å². The van der Waals surface area contributed by atoms with Crippen molar-refractivity contribution in [3.63, 3.8) is 0 Å². The summed E-state index contributed by atoms with van der Waals surface area (Å²) in [5, 5.41) is 17.8. The zero-order valence-electron chi connectivity index (χ0n) is 6.93. The number of rotatable bonds is 2. The lowest BCUT2D eigenvalue weighted by atomic mass is 9.85. The van der Waals surface area contributed by atoms with Gasteiger partial charge in [-0.15, -0.1) is 0 Å². The van der Waals surface area contributed by atoms with Gasteiger partial charge in [-0.25, -0.2) is 0 Å². The Bertz CT molecular complexity index is 307. The number of carboxylic acid groups (broad SMARTS) is 2.